The molecule has 0 radical (unpaired) electrons. The van der Waals surface area contributed by atoms with Crippen molar-refractivity contribution in [2.75, 3.05) is 39.3 Å². The second-order valence-corrected chi connectivity index (χ2v) is 29.8. The molecule has 540 valence electrons. The van der Waals surface area contributed by atoms with Crippen molar-refractivity contribution in [1.29, 1.82) is 5.26 Å². The predicted molar refractivity (Wildman–Crippen MR) is 383 cm³/mol. The molecule has 0 unspecified atom stereocenters. The summed E-state index contributed by atoms with van der Waals surface area (Å²) in [5, 5.41) is 19.6. The number of thiophene rings is 3. The van der Waals surface area contributed by atoms with Crippen molar-refractivity contribution < 1.29 is 59.7 Å². The number of fused-ring (bicyclic) bond motifs is 3. The largest absolute Gasteiger partial charge is 0.485 e. The van der Waals surface area contributed by atoms with Crippen molar-refractivity contribution in [1.82, 2.24) is 54.8 Å². The topological polar surface area (TPSA) is 258 Å². The van der Waals surface area contributed by atoms with E-state index in [0.717, 1.165) is 63.8 Å². The van der Waals surface area contributed by atoms with Crippen molar-refractivity contribution in [2.24, 2.45) is 0 Å². The van der Waals surface area contributed by atoms with Gasteiger partial charge in [0.15, 0.2) is 12.3 Å². The van der Waals surface area contributed by atoms with Crippen LogP contribution in [0.4, 0.5) is 26.3 Å². The number of ether oxygens (including phenoxy) is 3. The van der Waals surface area contributed by atoms with Crippen LogP contribution in [0.1, 0.15) is 69.0 Å². The number of nitrogens with zero attached hydrogens (tertiary/aromatic N) is 9. The number of nitriles is 1. The third-order valence-electron chi connectivity index (χ3n) is 18.1. The molecule has 15 rings (SSSR count). The van der Waals surface area contributed by atoms with Gasteiger partial charge in [0.1, 0.15) is 54.6 Å². The Labute approximate surface area is 611 Å². The minimum absolute atomic E-state index is 0.161. The van der Waals surface area contributed by atoms with Gasteiger partial charge in [-0.25, -0.2) is 27.9 Å². The number of rotatable bonds is 16. The fourth-order valence-electron chi connectivity index (χ4n) is 13.0. The summed E-state index contributed by atoms with van der Waals surface area (Å²) in [5.41, 5.74) is 7.04. The van der Waals surface area contributed by atoms with E-state index in [1.807, 2.05) is 39.0 Å². The van der Waals surface area contributed by atoms with Crippen LogP contribution in [0.2, 0.25) is 10.0 Å². The van der Waals surface area contributed by atoms with Crippen molar-refractivity contribution in [3.63, 3.8) is 0 Å². The summed E-state index contributed by atoms with van der Waals surface area (Å²) in [5.74, 6) is 0.904. The molecule has 3 N–H and O–H groups in total. The summed E-state index contributed by atoms with van der Waals surface area (Å²) in [6, 6.07) is 22.6. The Morgan fingerprint density at radius 1 is 0.548 bits per heavy atom. The zero-order chi connectivity index (χ0) is 73.4. The molecule has 5 aliphatic rings. The van der Waals surface area contributed by atoms with Gasteiger partial charge in [0.25, 0.3) is 5.56 Å². The highest BCUT2D eigenvalue weighted by molar-refractivity contribution is 7.20. The molecule has 10 aromatic rings. The Kier molecular flexibility index (Phi) is 21.7. The molecular formula is C72H64Cl2F6N12O9S3. The summed E-state index contributed by atoms with van der Waals surface area (Å²) in [7, 11) is 0. The molecule has 5 aliphatic heterocycles. The van der Waals surface area contributed by atoms with E-state index in [9.17, 15) is 60.4 Å². The van der Waals surface area contributed by atoms with E-state index in [-0.39, 0.29) is 82.0 Å². The monoisotopic (exact) mass is 1520 g/mol. The highest BCUT2D eigenvalue weighted by Crippen LogP contribution is 2.46. The lowest BCUT2D eigenvalue weighted by atomic mass is 9.99. The number of aryl methyl sites for hydroxylation is 3. The maximum Gasteiger partial charge on any atom is 0.406 e. The number of pyridine rings is 2. The number of likely N-dealkylation sites (tertiary alicyclic amines) is 2. The molecule has 3 aromatic carbocycles. The van der Waals surface area contributed by atoms with E-state index in [0.29, 0.717) is 119 Å². The summed E-state index contributed by atoms with van der Waals surface area (Å²) in [6.45, 7) is 6.49. The molecule has 0 spiro atoms. The quantitative estimate of drug-likeness (QED) is 0.0600. The van der Waals surface area contributed by atoms with Crippen LogP contribution in [0.3, 0.4) is 0 Å². The van der Waals surface area contributed by atoms with Crippen molar-refractivity contribution in [3.05, 3.63) is 165 Å². The predicted octanol–water partition coefficient (Wildman–Crippen LogP) is 12.1. The third-order valence-corrected chi connectivity index (χ3v) is 21.9. The summed E-state index contributed by atoms with van der Waals surface area (Å²) < 4.78 is 104. The SMILES string of the molecule is Cc1cc(C#N)cc(-c2ccnc3cc(CN4C(=O)CCC4=O)sc23)c1O[C@@H]1CNC[C@@H]1F.Cc1cc(Cl)cc(-c2ccnc3cc(Cn4c(=O)ccn(CC(F)(F)F)c4=O)sc23)c1O[C@H]1CNCC[C@H]1F.Cc1cc(Cl)cc(-c2ncnc3cc(CN4C(=O)CCC4=O)sc23)c1O[C@@H]1CNC[C@@H]1F. The Balaban J connectivity index is 0.000000139. The average molecular weight is 1520 g/mol. The highest BCUT2D eigenvalue weighted by Gasteiger charge is 2.36. The molecule has 12 heterocycles. The minimum Gasteiger partial charge on any atom is -0.485 e. The van der Waals surface area contributed by atoms with Gasteiger partial charge in [-0.2, -0.15) is 18.4 Å². The van der Waals surface area contributed by atoms with Crippen LogP contribution < -0.4 is 41.4 Å². The molecule has 32 heteroatoms. The van der Waals surface area contributed by atoms with Gasteiger partial charge in [0.2, 0.25) is 23.6 Å². The highest BCUT2D eigenvalue weighted by atomic mass is 35.5. The number of benzene rings is 3. The van der Waals surface area contributed by atoms with Gasteiger partial charge in [-0.1, -0.05) is 23.2 Å². The fraction of sp³-hybridized carbons (Fsp3) is 0.347. The van der Waals surface area contributed by atoms with Crippen molar-refractivity contribution >= 4 is 111 Å². The lowest BCUT2D eigenvalue weighted by Gasteiger charge is -2.29. The number of aromatic nitrogens is 6. The Hall–Kier alpha value is -9.19. The number of amides is 4. The van der Waals surface area contributed by atoms with E-state index < -0.39 is 60.8 Å². The summed E-state index contributed by atoms with van der Waals surface area (Å²) in [6.07, 6.45) is -2.98. The number of halogens is 8. The van der Waals surface area contributed by atoms with Gasteiger partial charge >= 0.3 is 11.9 Å². The van der Waals surface area contributed by atoms with Gasteiger partial charge in [-0.05, 0) is 117 Å². The van der Waals surface area contributed by atoms with Gasteiger partial charge in [-0.3, -0.25) is 52.9 Å². The van der Waals surface area contributed by atoms with Crippen molar-refractivity contribution in [3.8, 4) is 56.8 Å². The maximum atomic E-state index is 14.6. The first-order chi connectivity index (χ1) is 49.8. The Bertz CT molecular complexity index is 5170. The van der Waals surface area contributed by atoms with Gasteiger partial charge in [-0.15, -0.1) is 34.0 Å². The van der Waals surface area contributed by atoms with E-state index >= 15 is 0 Å². The normalized spacial score (nSPS) is 19.8. The van der Waals surface area contributed by atoms with Crippen LogP contribution in [-0.4, -0.2) is 145 Å². The molecule has 5 saturated heterocycles. The number of hydrogen-bond acceptors (Lipinski definition) is 20. The molecule has 0 bridgehead atoms. The first kappa shape index (κ1) is 73.1. The van der Waals surface area contributed by atoms with Gasteiger partial charge < -0.3 is 30.2 Å². The number of imide groups is 2. The standard InChI is InChI=1S/C26H23ClF4N4O3S.C24H21FN4O3S.C22H20ClFN4O3S/c1-14-8-15(27)9-18(23(14)38-21-11-32-5-3-19(21)28)17-2-6-33-20-10-16(39-24(17)20)12-35-22(36)4-7-34(25(35)37)13-26(29,30)31;1-13-6-14(9-26)7-17(23(13)32-20-11-27-10-18(20)25)16-4-5-28-19-8-15(33-24(16)19)12-29-21(30)2-3-22(29)31;1-11-4-12(23)5-14(21(11)31-17-8-25-7-15(17)24)20-22-16(26-10-27-20)6-13(32-22)9-28-18(29)2-3-19(28)30/h2,4,6-10,19,21,32H,3,5,11-13H2,1H3;4-8,18,20,27H,2-3,10-12H2,1H3;4-6,10,15,17,25H,2-3,7-9H2,1H3/t19-,21+;18-,20+;15-,17+/m100/s1. The molecular weight excluding hydrogens is 1460 g/mol. The Morgan fingerprint density at radius 3 is 1.51 bits per heavy atom. The molecule has 6 atom stereocenters. The van der Waals surface area contributed by atoms with E-state index in [2.05, 4.69) is 42.0 Å². The molecule has 0 saturated carbocycles. The smallest absolute Gasteiger partial charge is 0.406 e. The summed E-state index contributed by atoms with van der Waals surface area (Å²) >= 11 is 16.9. The van der Waals surface area contributed by atoms with E-state index in [4.69, 9.17) is 37.4 Å². The third kappa shape index (κ3) is 15.9. The number of carbonyl (C=O) groups is 4. The lowest BCUT2D eigenvalue weighted by molar-refractivity contribution is -0.142. The number of hydrogen-bond donors (Lipinski definition) is 3. The van der Waals surface area contributed by atoms with Crippen LogP contribution >= 0.6 is 57.2 Å². The van der Waals surface area contributed by atoms with Crippen LogP contribution in [0.5, 0.6) is 17.2 Å². The van der Waals surface area contributed by atoms with Gasteiger partial charge in [0, 0.05) is 136 Å². The Morgan fingerprint density at radius 2 is 1.01 bits per heavy atom. The zero-order valence-electron chi connectivity index (χ0n) is 55.8. The zero-order valence-corrected chi connectivity index (χ0v) is 59.7. The van der Waals surface area contributed by atoms with Crippen LogP contribution in [0.15, 0.2) is 107 Å². The molecule has 4 amide bonds. The second kappa shape index (κ2) is 30.9. The molecule has 7 aromatic heterocycles. The molecule has 104 heavy (non-hydrogen) atoms. The first-order valence-electron chi connectivity index (χ1n) is 33.1. The number of carbonyl (C=O) groups excluding carboxylic acids is 4. The van der Waals surface area contributed by atoms with Crippen LogP contribution in [0, 0.1) is 32.1 Å². The van der Waals surface area contributed by atoms with Crippen molar-refractivity contribution in [2.45, 2.75) is 122 Å². The molecule has 21 nitrogen and oxygen atoms in total. The van der Waals surface area contributed by atoms with E-state index in [1.54, 1.807) is 60.9 Å². The van der Waals surface area contributed by atoms with Crippen LogP contribution in [-0.2, 0) is 45.4 Å². The lowest BCUT2D eigenvalue weighted by Crippen LogP contribution is -2.45. The number of nitrogens with one attached hydrogen (secondary N) is 3. The van der Waals surface area contributed by atoms with Crippen LogP contribution in [0.25, 0.3) is 64.2 Å². The maximum absolute atomic E-state index is 14.6. The first-order valence-corrected chi connectivity index (χ1v) is 36.3. The molecule has 5 fully saturated rings. The fourth-order valence-corrected chi connectivity index (χ4v) is 16.9. The minimum atomic E-state index is -4.62. The number of alkyl halides is 6. The van der Waals surface area contributed by atoms with E-state index in [1.165, 1.54) is 50.1 Å². The molecule has 0 aliphatic carbocycles. The average Bonchev–Trinajstić information content (AvgIpc) is 1.53. The number of piperidine rings is 1. The summed E-state index contributed by atoms with van der Waals surface area (Å²) in [4.78, 5) is 95.7. The van der Waals surface area contributed by atoms with Gasteiger partial charge in [0.05, 0.1) is 67.6 Å². The second-order valence-electron chi connectivity index (χ2n) is 25.5.